The molecule has 5 rings (SSSR count). The van der Waals surface area contributed by atoms with Gasteiger partial charge in [-0.25, -0.2) is 8.78 Å². The van der Waals surface area contributed by atoms with Gasteiger partial charge < -0.3 is 24.3 Å². The second kappa shape index (κ2) is 9.98. The third-order valence-electron chi connectivity index (χ3n) is 7.07. The summed E-state index contributed by atoms with van der Waals surface area (Å²) in [5, 5.41) is 2.53. The first-order valence-corrected chi connectivity index (χ1v) is 12.1. The molecule has 1 aromatic heterocycles. The van der Waals surface area contributed by atoms with Gasteiger partial charge in [-0.1, -0.05) is 6.07 Å². The average Bonchev–Trinajstić information content (AvgIpc) is 3.45. The first kappa shape index (κ1) is 24.4. The Bertz CT molecular complexity index is 1250. The van der Waals surface area contributed by atoms with Crippen molar-refractivity contribution in [2.45, 2.75) is 44.6 Å². The number of fused-ring (bicyclic) bond motifs is 4. The summed E-state index contributed by atoms with van der Waals surface area (Å²) in [6.07, 6.45) is 3.82. The topological polar surface area (TPSA) is 93.1 Å². The van der Waals surface area contributed by atoms with E-state index < -0.39 is 23.0 Å². The molecule has 192 valence electrons. The van der Waals surface area contributed by atoms with E-state index in [1.54, 1.807) is 16.6 Å². The number of nitrogens with zero attached hydrogens (tertiary/aromatic N) is 3. The molecule has 0 saturated carbocycles. The van der Waals surface area contributed by atoms with E-state index in [4.69, 9.17) is 9.47 Å². The van der Waals surface area contributed by atoms with Crippen LogP contribution in [0.3, 0.4) is 0 Å². The summed E-state index contributed by atoms with van der Waals surface area (Å²) >= 11 is 0. The van der Waals surface area contributed by atoms with Gasteiger partial charge in [0.25, 0.3) is 11.8 Å². The molecule has 36 heavy (non-hydrogen) atoms. The molecule has 1 N–H and O–H groups in total. The predicted octanol–water partition coefficient (Wildman–Crippen LogP) is 1.73. The van der Waals surface area contributed by atoms with E-state index in [9.17, 15) is 23.2 Å². The number of nitrogens with one attached hydrogen (secondary N) is 1. The van der Waals surface area contributed by atoms with Crippen LogP contribution in [0.5, 0.6) is 5.75 Å². The summed E-state index contributed by atoms with van der Waals surface area (Å²) in [5.74, 6) is -2.72. The second-order valence-corrected chi connectivity index (χ2v) is 9.29. The highest BCUT2D eigenvalue weighted by Gasteiger charge is 2.48. The molecule has 0 unspecified atom stereocenters. The first-order valence-electron chi connectivity index (χ1n) is 12.1. The number of aromatic nitrogens is 1. The number of rotatable bonds is 8. The van der Waals surface area contributed by atoms with Gasteiger partial charge in [0.2, 0.25) is 5.43 Å². The van der Waals surface area contributed by atoms with Crippen LogP contribution in [0.15, 0.2) is 29.2 Å². The SMILES string of the molecule is COCCCOc1c2n(cc(C(=O)NCc3ccc(F)cc3F)c1=O)C[C@@H]1N(C[C@H]3CCCN31)C2=O. The Kier molecular flexibility index (Phi) is 6.76. The van der Waals surface area contributed by atoms with E-state index in [1.807, 2.05) is 0 Å². The average molecular weight is 503 g/mol. The fraction of sp³-hybridized carbons (Fsp3) is 0.480. The van der Waals surface area contributed by atoms with Crippen molar-refractivity contribution in [1.82, 2.24) is 19.7 Å². The molecule has 2 atom stereocenters. The van der Waals surface area contributed by atoms with Gasteiger partial charge in [-0.2, -0.15) is 0 Å². The van der Waals surface area contributed by atoms with Crippen molar-refractivity contribution < 1.29 is 27.8 Å². The Morgan fingerprint density at radius 2 is 2.03 bits per heavy atom. The van der Waals surface area contributed by atoms with Gasteiger partial charge in [0.05, 0.1) is 13.2 Å². The number of amides is 2. The number of carbonyl (C=O) groups excluding carboxylic acids is 2. The Hall–Kier alpha value is -3.31. The molecule has 0 bridgehead atoms. The highest BCUT2D eigenvalue weighted by Crippen LogP contribution is 2.35. The lowest BCUT2D eigenvalue weighted by atomic mass is 10.1. The molecule has 9 nitrogen and oxygen atoms in total. The number of carbonyl (C=O) groups is 2. The summed E-state index contributed by atoms with van der Waals surface area (Å²) in [5.41, 5.74) is -0.700. The van der Waals surface area contributed by atoms with Gasteiger partial charge in [-0.05, 0) is 18.9 Å². The monoisotopic (exact) mass is 502 g/mol. The lowest BCUT2D eigenvalue weighted by Crippen LogP contribution is -2.50. The maximum atomic E-state index is 14.0. The first-order chi connectivity index (χ1) is 17.4. The van der Waals surface area contributed by atoms with Crippen molar-refractivity contribution in [3.8, 4) is 5.75 Å². The smallest absolute Gasteiger partial charge is 0.275 e. The molecule has 11 heteroatoms. The van der Waals surface area contributed by atoms with Gasteiger partial charge in [-0.3, -0.25) is 19.3 Å². The van der Waals surface area contributed by atoms with E-state index in [0.717, 1.165) is 31.5 Å². The molecular formula is C25H28F2N4O5. The lowest BCUT2D eigenvalue weighted by Gasteiger charge is -2.36. The summed E-state index contributed by atoms with van der Waals surface area (Å²) in [7, 11) is 1.55. The largest absolute Gasteiger partial charge is 0.487 e. The number of hydrogen-bond donors (Lipinski definition) is 1. The van der Waals surface area contributed by atoms with E-state index in [0.29, 0.717) is 32.2 Å². The van der Waals surface area contributed by atoms with Gasteiger partial charge in [0.15, 0.2) is 11.4 Å². The molecule has 0 radical (unpaired) electrons. The number of ether oxygens (including phenoxy) is 2. The van der Waals surface area contributed by atoms with Crippen LogP contribution >= 0.6 is 0 Å². The Morgan fingerprint density at radius 1 is 1.19 bits per heavy atom. The highest BCUT2D eigenvalue weighted by atomic mass is 19.1. The Labute approximate surface area is 206 Å². The van der Waals surface area contributed by atoms with Crippen molar-refractivity contribution in [2.24, 2.45) is 0 Å². The van der Waals surface area contributed by atoms with Gasteiger partial charge in [-0.15, -0.1) is 0 Å². The van der Waals surface area contributed by atoms with Gasteiger partial charge >= 0.3 is 0 Å². The molecule has 3 aliphatic rings. The zero-order chi connectivity index (χ0) is 25.4. The molecule has 2 saturated heterocycles. The van der Waals surface area contributed by atoms with E-state index >= 15 is 0 Å². The maximum absolute atomic E-state index is 14.0. The molecule has 1 aromatic carbocycles. The standard InChI is InChI=1S/C25H28F2N4O5/c1-35-8-3-9-36-23-21-25(34)31-12-17-4-2-7-30(17)20(31)14-29(21)13-18(22(23)32)24(33)28-11-15-5-6-16(26)10-19(15)27/h5-6,10,13,17,20H,2-4,7-9,11-12,14H2,1H3,(H,28,33)/t17-,20+/m1/s1. The predicted molar refractivity (Wildman–Crippen MR) is 125 cm³/mol. The van der Waals surface area contributed by atoms with Crippen molar-refractivity contribution in [1.29, 1.82) is 0 Å². The van der Waals surface area contributed by atoms with Crippen LogP contribution in [0.25, 0.3) is 0 Å². The van der Waals surface area contributed by atoms with Crippen LogP contribution in [0, 0.1) is 11.6 Å². The normalized spacial score (nSPS) is 20.8. The van der Waals surface area contributed by atoms with E-state index in [-0.39, 0.29) is 47.8 Å². The zero-order valence-corrected chi connectivity index (χ0v) is 20.0. The zero-order valence-electron chi connectivity index (χ0n) is 20.0. The van der Waals surface area contributed by atoms with Crippen molar-refractivity contribution in [3.05, 3.63) is 63.1 Å². The van der Waals surface area contributed by atoms with Crippen LogP contribution in [0.2, 0.25) is 0 Å². The van der Waals surface area contributed by atoms with Crippen LogP contribution in [-0.2, 0) is 17.8 Å². The van der Waals surface area contributed by atoms with Crippen LogP contribution in [-0.4, -0.2) is 71.8 Å². The van der Waals surface area contributed by atoms with Crippen molar-refractivity contribution in [3.63, 3.8) is 0 Å². The number of hydrogen-bond acceptors (Lipinski definition) is 6. The fourth-order valence-electron chi connectivity index (χ4n) is 5.32. The fourth-order valence-corrected chi connectivity index (χ4v) is 5.32. The second-order valence-electron chi connectivity index (χ2n) is 9.29. The minimum atomic E-state index is -0.799. The molecule has 0 spiro atoms. The van der Waals surface area contributed by atoms with Crippen molar-refractivity contribution in [2.75, 3.05) is 33.4 Å². The number of pyridine rings is 1. The molecule has 2 amide bonds. The third kappa shape index (κ3) is 4.37. The number of halogens is 2. The molecular weight excluding hydrogens is 474 g/mol. The van der Waals surface area contributed by atoms with Gasteiger partial charge in [0, 0.05) is 63.6 Å². The minimum absolute atomic E-state index is 0.0794. The quantitative estimate of drug-likeness (QED) is 0.553. The molecule has 0 aliphatic carbocycles. The van der Waals surface area contributed by atoms with Gasteiger partial charge in [0.1, 0.15) is 23.4 Å². The number of methoxy groups -OCH3 is 1. The minimum Gasteiger partial charge on any atom is -0.487 e. The molecule has 3 aliphatic heterocycles. The Morgan fingerprint density at radius 3 is 2.81 bits per heavy atom. The summed E-state index contributed by atoms with van der Waals surface area (Å²) in [6, 6.07) is 3.34. The van der Waals surface area contributed by atoms with Crippen LogP contribution in [0.4, 0.5) is 8.78 Å². The summed E-state index contributed by atoms with van der Waals surface area (Å²) in [4.78, 5) is 44.0. The van der Waals surface area contributed by atoms with Crippen molar-refractivity contribution >= 4 is 11.8 Å². The van der Waals surface area contributed by atoms with E-state index in [1.165, 1.54) is 12.3 Å². The maximum Gasteiger partial charge on any atom is 0.275 e. The van der Waals surface area contributed by atoms with Crippen LogP contribution < -0.4 is 15.5 Å². The molecule has 2 fully saturated rings. The highest BCUT2D eigenvalue weighted by molar-refractivity contribution is 5.99. The summed E-state index contributed by atoms with van der Waals surface area (Å²) < 4.78 is 39.7. The lowest BCUT2D eigenvalue weighted by molar-refractivity contribution is 0.0510. The third-order valence-corrected chi connectivity index (χ3v) is 7.07. The van der Waals surface area contributed by atoms with E-state index in [2.05, 4.69) is 10.2 Å². The molecule has 4 heterocycles. The Balaban J connectivity index is 1.46. The number of benzene rings is 1. The van der Waals surface area contributed by atoms with Crippen LogP contribution in [0.1, 0.15) is 45.7 Å². The molecule has 2 aromatic rings. The summed E-state index contributed by atoms with van der Waals surface area (Å²) in [6.45, 7) is 2.21.